The minimum Gasteiger partial charge on any atom is -0.496 e. The number of halogens is 3. The summed E-state index contributed by atoms with van der Waals surface area (Å²) in [5.41, 5.74) is 0.347. The van der Waals surface area contributed by atoms with Crippen molar-refractivity contribution in [1.82, 2.24) is 0 Å². The highest BCUT2D eigenvalue weighted by atomic mass is 79.9. The van der Waals surface area contributed by atoms with Crippen molar-refractivity contribution in [3.63, 3.8) is 0 Å². The molecular formula is C15H11BrF2O3. The number of hydrogen-bond acceptors (Lipinski definition) is 3. The van der Waals surface area contributed by atoms with Crippen LogP contribution in [-0.2, 0) is 0 Å². The van der Waals surface area contributed by atoms with Gasteiger partial charge in [-0.2, -0.15) is 0 Å². The van der Waals surface area contributed by atoms with Crippen molar-refractivity contribution in [2.24, 2.45) is 0 Å². The molecule has 2 aromatic rings. The summed E-state index contributed by atoms with van der Waals surface area (Å²) < 4.78 is 37.3. The van der Waals surface area contributed by atoms with E-state index in [1.807, 2.05) is 0 Å². The zero-order valence-electron chi connectivity index (χ0n) is 11.0. The molecular weight excluding hydrogens is 346 g/mol. The number of carbonyl (C=O) groups excluding carboxylic acids is 1. The Morgan fingerprint density at radius 1 is 1.19 bits per heavy atom. The van der Waals surface area contributed by atoms with Crippen molar-refractivity contribution in [1.29, 1.82) is 0 Å². The molecule has 0 aromatic heterocycles. The standard InChI is InChI=1S/C15H11BrF2O3/c1-20-14-6-5-9(7-10(14)16)13(19)8-21-15-11(17)3-2-4-12(15)18/h2-7H,8H2,1H3. The molecule has 0 atom stereocenters. The monoisotopic (exact) mass is 356 g/mol. The van der Waals surface area contributed by atoms with Crippen molar-refractivity contribution in [2.45, 2.75) is 0 Å². The smallest absolute Gasteiger partial charge is 0.200 e. The second kappa shape index (κ2) is 6.67. The maximum atomic E-state index is 13.4. The predicted molar refractivity (Wildman–Crippen MR) is 76.9 cm³/mol. The minimum absolute atomic E-state index is 0.347. The third-order valence-corrected chi connectivity index (χ3v) is 3.36. The molecule has 6 heteroatoms. The Morgan fingerprint density at radius 3 is 2.43 bits per heavy atom. The Balaban J connectivity index is 2.10. The number of methoxy groups -OCH3 is 1. The predicted octanol–water partition coefficient (Wildman–Crippen LogP) is 4.00. The molecule has 0 saturated heterocycles. The minimum atomic E-state index is -0.848. The van der Waals surface area contributed by atoms with Gasteiger partial charge in [-0.25, -0.2) is 8.78 Å². The molecule has 0 radical (unpaired) electrons. The number of carbonyl (C=O) groups is 1. The number of hydrogen-bond donors (Lipinski definition) is 0. The second-order valence-corrected chi connectivity index (χ2v) is 4.97. The maximum Gasteiger partial charge on any atom is 0.200 e. The van der Waals surface area contributed by atoms with Crippen molar-refractivity contribution >= 4 is 21.7 Å². The third-order valence-electron chi connectivity index (χ3n) is 2.74. The summed E-state index contributed by atoms with van der Waals surface area (Å²) in [4.78, 5) is 12.0. The molecule has 0 unspecified atom stereocenters. The van der Waals surface area contributed by atoms with E-state index in [0.717, 1.165) is 12.1 Å². The van der Waals surface area contributed by atoms with Gasteiger partial charge in [-0.3, -0.25) is 4.79 Å². The largest absolute Gasteiger partial charge is 0.496 e. The quantitative estimate of drug-likeness (QED) is 0.759. The molecule has 0 aliphatic rings. The van der Waals surface area contributed by atoms with E-state index in [9.17, 15) is 13.6 Å². The first-order valence-corrected chi connectivity index (χ1v) is 6.75. The van der Waals surface area contributed by atoms with Crippen LogP contribution in [0.15, 0.2) is 40.9 Å². The topological polar surface area (TPSA) is 35.5 Å². The van der Waals surface area contributed by atoms with Gasteiger partial charge in [-0.1, -0.05) is 6.07 Å². The van der Waals surface area contributed by atoms with Gasteiger partial charge in [-0.05, 0) is 46.3 Å². The Labute approximate surface area is 128 Å². The molecule has 2 aromatic carbocycles. The zero-order valence-corrected chi connectivity index (χ0v) is 12.6. The van der Waals surface area contributed by atoms with Crippen LogP contribution in [0.25, 0.3) is 0 Å². The first kappa shape index (κ1) is 15.4. The lowest BCUT2D eigenvalue weighted by Gasteiger charge is -2.08. The molecule has 0 N–H and O–H groups in total. The molecule has 110 valence electrons. The van der Waals surface area contributed by atoms with Gasteiger partial charge in [0.15, 0.2) is 29.8 Å². The van der Waals surface area contributed by atoms with Gasteiger partial charge < -0.3 is 9.47 Å². The molecule has 0 amide bonds. The van der Waals surface area contributed by atoms with E-state index in [-0.39, 0.29) is 0 Å². The maximum absolute atomic E-state index is 13.4. The van der Waals surface area contributed by atoms with Gasteiger partial charge in [-0.15, -0.1) is 0 Å². The fourth-order valence-corrected chi connectivity index (χ4v) is 2.22. The van der Waals surface area contributed by atoms with Crippen LogP contribution in [0.4, 0.5) is 8.78 Å². The Bertz CT molecular complexity index is 654. The normalized spacial score (nSPS) is 10.3. The number of ether oxygens (including phenoxy) is 2. The van der Waals surface area contributed by atoms with Gasteiger partial charge in [0.1, 0.15) is 5.75 Å². The highest BCUT2D eigenvalue weighted by Crippen LogP contribution is 2.26. The van der Waals surface area contributed by atoms with Crippen LogP contribution in [0.2, 0.25) is 0 Å². The van der Waals surface area contributed by atoms with Crippen LogP contribution in [0.1, 0.15) is 10.4 Å². The van der Waals surface area contributed by atoms with Gasteiger partial charge >= 0.3 is 0 Å². The Hall–Kier alpha value is -1.95. The van der Waals surface area contributed by atoms with E-state index in [4.69, 9.17) is 9.47 Å². The fourth-order valence-electron chi connectivity index (χ4n) is 1.68. The zero-order chi connectivity index (χ0) is 15.4. The van der Waals surface area contributed by atoms with E-state index >= 15 is 0 Å². The van der Waals surface area contributed by atoms with E-state index in [2.05, 4.69) is 15.9 Å². The van der Waals surface area contributed by atoms with E-state index in [1.165, 1.54) is 13.2 Å². The molecule has 0 saturated carbocycles. The number of rotatable bonds is 5. The molecule has 0 aliphatic carbocycles. The summed E-state index contributed by atoms with van der Waals surface area (Å²) in [6, 6.07) is 8.07. The van der Waals surface area contributed by atoms with Crippen LogP contribution < -0.4 is 9.47 Å². The molecule has 0 fully saturated rings. The lowest BCUT2D eigenvalue weighted by atomic mass is 10.1. The third kappa shape index (κ3) is 3.58. The summed E-state index contributed by atoms with van der Waals surface area (Å²) in [7, 11) is 1.51. The van der Waals surface area contributed by atoms with Gasteiger partial charge in [0, 0.05) is 5.56 Å². The number of ketones is 1. The molecule has 2 rings (SSSR count). The highest BCUT2D eigenvalue weighted by molar-refractivity contribution is 9.10. The van der Waals surface area contributed by atoms with Crippen molar-refractivity contribution in [2.75, 3.05) is 13.7 Å². The van der Waals surface area contributed by atoms with Gasteiger partial charge in [0.2, 0.25) is 0 Å². The van der Waals surface area contributed by atoms with Crippen LogP contribution in [0, 0.1) is 11.6 Å². The first-order valence-electron chi connectivity index (χ1n) is 5.96. The number of benzene rings is 2. The average Bonchev–Trinajstić information content (AvgIpc) is 2.46. The van der Waals surface area contributed by atoms with Crippen LogP contribution in [0.3, 0.4) is 0 Å². The number of para-hydroxylation sites is 1. The molecule has 21 heavy (non-hydrogen) atoms. The number of Topliss-reactive ketones (excluding diaryl/α,β-unsaturated/α-hetero) is 1. The molecule has 0 bridgehead atoms. The van der Waals surface area contributed by atoms with Crippen LogP contribution >= 0.6 is 15.9 Å². The lowest BCUT2D eigenvalue weighted by molar-refractivity contribution is 0.0915. The average molecular weight is 357 g/mol. The summed E-state index contributed by atoms with van der Waals surface area (Å²) in [5.74, 6) is -2.08. The van der Waals surface area contributed by atoms with Crippen molar-refractivity contribution in [3.05, 3.63) is 58.1 Å². The molecule has 0 aliphatic heterocycles. The Morgan fingerprint density at radius 2 is 1.86 bits per heavy atom. The molecule has 0 spiro atoms. The van der Waals surface area contributed by atoms with E-state index in [1.54, 1.807) is 18.2 Å². The van der Waals surface area contributed by atoms with Crippen LogP contribution in [0.5, 0.6) is 11.5 Å². The van der Waals surface area contributed by atoms with Crippen molar-refractivity contribution in [3.8, 4) is 11.5 Å². The Kier molecular flexibility index (Phi) is 4.90. The summed E-state index contributed by atoms with van der Waals surface area (Å²) >= 11 is 3.26. The highest BCUT2D eigenvalue weighted by Gasteiger charge is 2.14. The van der Waals surface area contributed by atoms with Gasteiger partial charge in [0.25, 0.3) is 0 Å². The summed E-state index contributed by atoms with van der Waals surface area (Å²) in [5, 5.41) is 0. The van der Waals surface area contributed by atoms with E-state index in [0.29, 0.717) is 15.8 Å². The molecule has 0 heterocycles. The lowest BCUT2D eigenvalue weighted by Crippen LogP contribution is -2.13. The fraction of sp³-hybridized carbons (Fsp3) is 0.133. The SMILES string of the molecule is COc1ccc(C(=O)COc2c(F)cccc2F)cc1Br. The van der Waals surface area contributed by atoms with Gasteiger partial charge in [0.05, 0.1) is 11.6 Å². The van der Waals surface area contributed by atoms with E-state index < -0.39 is 29.8 Å². The second-order valence-electron chi connectivity index (χ2n) is 4.11. The van der Waals surface area contributed by atoms with Crippen LogP contribution in [-0.4, -0.2) is 19.5 Å². The van der Waals surface area contributed by atoms with Crippen molar-refractivity contribution < 1.29 is 23.0 Å². The molecule has 3 nitrogen and oxygen atoms in total. The summed E-state index contributed by atoms with van der Waals surface area (Å²) in [6.07, 6.45) is 0. The summed E-state index contributed by atoms with van der Waals surface area (Å²) in [6.45, 7) is -0.462. The first-order chi connectivity index (χ1) is 10.0.